The summed E-state index contributed by atoms with van der Waals surface area (Å²) in [6, 6.07) is 19.4. The van der Waals surface area contributed by atoms with Crippen molar-refractivity contribution in [3.8, 4) is 39.7 Å². The maximum atomic E-state index is 6.37. The highest BCUT2D eigenvalue weighted by atomic mass is 35.5. The quantitative estimate of drug-likeness (QED) is 0.524. The van der Waals surface area contributed by atoms with E-state index >= 15 is 0 Å². The van der Waals surface area contributed by atoms with Crippen LogP contribution in [0, 0.1) is 0 Å². The smallest absolute Gasteiger partial charge is 0.140 e. The molecule has 128 valence electrons. The molecule has 5 heteroatoms. The van der Waals surface area contributed by atoms with Gasteiger partial charge in [0.15, 0.2) is 0 Å². The van der Waals surface area contributed by atoms with Gasteiger partial charge in [0, 0.05) is 29.1 Å². The normalized spacial score (nSPS) is 10.7. The molecule has 0 bridgehead atoms. The van der Waals surface area contributed by atoms with Gasteiger partial charge in [0.25, 0.3) is 0 Å². The van der Waals surface area contributed by atoms with Gasteiger partial charge in [-0.2, -0.15) is 0 Å². The Morgan fingerprint density at radius 3 is 2.50 bits per heavy atom. The summed E-state index contributed by atoms with van der Waals surface area (Å²) in [5.41, 5.74) is 4.58. The summed E-state index contributed by atoms with van der Waals surface area (Å²) in [7, 11) is 1.66. The van der Waals surface area contributed by atoms with E-state index in [1.165, 1.54) is 0 Å². The lowest BCUT2D eigenvalue weighted by Gasteiger charge is -2.05. The van der Waals surface area contributed by atoms with E-state index in [2.05, 4.69) is 9.97 Å². The van der Waals surface area contributed by atoms with Gasteiger partial charge in [0.1, 0.15) is 11.6 Å². The van der Waals surface area contributed by atoms with Crippen LogP contribution >= 0.6 is 11.6 Å². The Hall–Kier alpha value is -3.11. The Labute approximate surface area is 156 Å². The van der Waals surface area contributed by atoms with Crippen LogP contribution in [0.5, 0.6) is 5.75 Å². The van der Waals surface area contributed by atoms with Crippen LogP contribution in [0.25, 0.3) is 33.9 Å². The van der Waals surface area contributed by atoms with Crippen LogP contribution < -0.4 is 4.74 Å². The topological polar surface area (TPSA) is 50.8 Å². The fraction of sp³-hybridized carbons (Fsp3) is 0.0476. The molecule has 0 aliphatic heterocycles. The molecule has 0 saturated heterocycles. The van der Waals surface area contributed by atoms with E-state index in [1.807, 2.05) is 60.7 Å². The summed E-state index contributed by atoms with van der Waals surface area (Å²) in [6.45, 7) is 0. The number of pyridine rings is 1. The molecule has 0 aliphatic rings. The third kappa shape index (κ3) is 3.07. The molecule has 4 rings (SSSR count). The van der Waals surface area contributed by atoms with Gasteiger partial charge in [-0.05, 0) is 36.4 Å². The SMILES string of the molecule is COc1cccc(-c2nc(-c3ccccc3Cl)[nH]c2-c2ccncc2)c1. The zero-order chi connectivity index (χ0) is 17.9. The zero-order valence-corrected chi connectivity index (χ0v) is 14.9. The molecule has 2 heterocycles. The number of rotatable bonds is 4. The molecule has 0 fully saturated rings. The maximum absolute atomic E-state index is 6.37. The Morgan fingerprint density at radius 2 is 1.73 bits per heavy atom. The van der Waals surface area contributed by atoms with Crippen molar-refractivity contribution < 1.29 is 4.74 Å². The minimum atomic E-state index is 0.653. The van der Waals surface area contributed by atoms with Crippen LogP contribution in [0.2, 0.25) is 5.02 Å². The molecule has 0 radical (unpaired) electrons. The number of H-pyrrole nitrogens is 1. The van der Waals surface area contributed by atoms with Crippen molar-refractivity contribution in [2.45, 2.75) is 0 Å². The van der Waals surface area contributed by atoms with Crippen molar-refractivity contribution in [1.82, 2.24) is 15.0 Å². The first kappa shape index (κ1) is 16.4. The van der Waals surface area contributed by atoms with Crippen molar-refractivity contribution >= 4 is 11.6 Å². The first-order valence-electron chi connectivity index (χ1n) is 8.16. The van der Waals surface area contributed by atoms with E-state index in [0.717, 1.165) is 39.7 Å². The van der Waals surface area contributed by atoms with Crippen LogP contribution in [0.15, 0.2) is 73.1 Å². The van der Waals surface area contributed by atoms with Crippen LogP contribution in [0.3, 0.4) is 0 Å². The Kier molecular flexibility index (Phi) is 4.42. The predicted octanol–water partition coefficient (Wildman–Crippen LogP) is 5.47. The summed E-state index contributed by atoms with van der Waals surface area (Å²) >= 11 is 6.37. The molecule has 1 N–H and O–H groups in total. The first-order valence-corrected chi connectivity index (χ1v) is 8.54. The largest absolute Gasteiger partial charge is 0.497 e. The van der Waals surface area contributed by atoms with Crippen molar-refractivity contribution in [1.29, 1.82) is 0 Å². The Balaban J connectivity index is 1.93. The second-order valence-electron chi connectivity index (χ2n) is 5.76. The van der Waals surface area contributed by atoms with E-state index in [4.69, 9.17) is 21.3 Å². The standard InChI is InChI=1S/C21H16ClN3O/c1-26-16-6-4-5-15(13-16)20-19(14-9-11-23-12-10-14)24-21(25-20)17-7-2-3-8-18(17)22/h2-13H,1H3,(H,24,25). The molecule has 4 aromatic rings. The minimum absolute atomic E-state index is 0.653. The van der Waals surface area contributed by atoms with Gasteiger partial charge < -0.3 is 9.72 Å². The number of aromatic nitrogens is 3. The van der Waals surface area contributed by atoms with E-state index in [9.17, 15) is 0 Å². The Morgan fingerprint density at radius 1 is 0.923 bits per heavy atom. The summed E-state index contributed by atoms with van der Waals surface area (Å²) in [4.78, 5) is 12.4. The molecular weight excluding hydrogens is 346 g/mol. The number of benzene rings is 2. The van der Waals surface area contributed by atoms with E-state index in [1.54, 1.807) is 19.5 Å². The van der Waals surface area contributed by atoms with Gasteiger partial charge in [-0.3, -0.25) is 4.98 Å². The number of imidazole rings is 1. The van der Waals surface area contributed by atoms with Crippen LogP contribution in [0.4, 0.5) is 0 Å². The molecule has 0 aliphatic carbocycles. The van der Waals surface area contributed by atoms with Crippen molar-refractivity contribution in [2.75, 3.05) is 7.11 Å². The Bertz CT molecular complexity index is 1040. The number of methoxy groups -OCH3 is 1. The van der Waals surface area contributed by atoms with Gasteiger partial charge in [-0.15, -0.1) is 0 Å². The summed E-state index contributed by atoms with van der Waals surface area (Å²) in [5, 5.41) is 0.653. The number of hydrogen-bond acceptors (Lipinski definition) is 3. The van der Waals surface area contributed by atoms with Crippen molar-refractivity contribution in [3.05, 3.63) is 78.1 Å². The predicted molar refractivity (Wildman–Crippen MR) is 104 cm³/mol. The maximum Gasteiger partial charge on any atom is 0.140 e. The number of hydrogen-bond donors (Lipinski definition) is 1. The molecule has 0 unspecified atom stereocenters. The van der Waals surface area contributed by atoms with Crippen molar-refractivity contribution in [3.63, 3.8) is 0 Å². The molecule has 0 amide bonds. The van der Waals surface area contributed by atoms with Gasteiger partial charge in [-0.1, -0.05) is 35.9 Å². The van der Waals surface area contributed by atoms with Crippen molar-refractivity contribution in [2.24, 2.45) is 0 Å². The van der Waals surface area contributed by atoms with Crippen LogP contribution in [-0.2, 0) is 0 Å². The summed E-state index contributed by atoms with van der Waals surface area (Å²) in [6.07, 6.45) is 3.53. The second kappa shape index (κ2) is 7.02. The van der Waals surface area contributed by atoms with Crippen LogP contribution in [0.1, 0.15) is 0 Å². The van der Waals surface area contributed by atoms with E-state index in [0.29, 0.717) is 5.02 Å². The summed E-state index contributed by atoms with van der Waals surface area (Å²) in [5.74, 6) is 1.51. The lowest BCUT2D eigenvalue weighted by Crippen LogP contribution is -1.86. The first-order chi connectivity index (χ1) is 12.8. The number of aromatic amines is 1. The average Bonchev–Trinajstić information content (AvgIpc) is 3.14. The highest BCUT2D eigenvalue weighted by Crippen LogP contribution is 2.35. The lowest BCUT2D eigenvalue weighted by atomic mass is 10.1. The second-order valence-corrected chi connectivity index (χ2v) is 6.16. The van der Waals surface area contributed by atoms with Gasteiger partial charge in [-0.25, -0.2) is 4.98 Å². The highest BCUT2D eigenvalue weighted by Gasteiger charge is 2.17. The number of ether oxygens (including phenoxy) is 1. The minimum Gasteiger partial charge on any atom is -0.497 e. The molecule has 2 aromatic carbocycles. The zero-order valence-electron chi connectivity index (χ0n) is 14.1. The van der Waals surface area contributed by atoms with Gasteiger partial charge in [0.2, 0.25) is 0 Å². The molecule has 4 nitrogen and oxygen atoms in total. The van der Waals surface area contributed by atoms with Gasteiger partial charge in [0.05, 0.1) is 23.5 Å². The van der Waals surface area contributed by atoms with E-state index in [-0.39, 0.29) is 0 Å². The highest BCUT2D eigenvalue weighted by molar-refractivity contribution is 6.33. The molecule has 0 atom stereocenters. The molecule has 0 saturated carbocycles. The number of halogens is 1. The summed E-state index contributed by atoms with van der Waals surface area (Å²) < 4.78 is 5.36. The molecule has 26 heavy (non-hydrogen) atoms. The third-order valence-corrected chi connectivity index (χ3v) is 4.47. The third-order valence-electron chi connectivity index (χ3n) is 4.14. The fourth-order valence-corrected chi connectivity index (χ4v) is 3.09. The molecule has 2 aromatic heterocycles. The lowest BCUT2D eigenvalue weighted by molar-refractivity contribution is 0.415. The molecular formula is C21H16ClN3O. The average molecular weight is 362 g/mol. The van der Waals surface area contributed by atoms with E-state index < -0.39 is 0 Å². The fourth-order valence-electron chi connectivity index (χ4n) is 2.86. The molecule has 0 spiro atoms. The number of nitrogens with one attached hydrogen (secondary N) is 1. The number of nitrogens with zero attached hydrogens (tertiary/aromatic N) is 2. The monoisotopic (exact) mass is 361 g/mol. The van der Waals surface area contributed by atoms with Gasteiger partial charge >= 0.3 is 0 Å². The van der Waals surface area contributed by atoms with Crippen LogP contribution in [-0.4, -0.2) is 22.1 Å².